The summed E-state index contributed by atoms with van der Waals surface area (Å²) in [5.74, 6) is 2.02. The molecule has 244 valence electrons. The Morgan fingerprint density at radius 3 is 2.40 bits per heavy atom. The van der Waals surface area contributed by atoms with Gasteiger partial charge in [-0.05, 0) is 67.4 Å². The first-order valence-electron chi connectivity index (χ1n) is 15.8. The Hall–Kier alpha value is -5.64. The van der Waals surface area contributed by atoms with Crippen molar-refractivity contribution in [3.8, 4) is 22.9 Å². The van der Waals surface area contributed by atoms with Crippen LogP contribution in [-0.2, 0) is 6.42 Å². The molecule has 5 rings (SSSR count). The first-order valence-corrected chi connectivity index (χ1v) is 15.8. The first kappa shape index (κ1) is 34.2. The van der Waals surface area contributed by atoms with Gasteiger partial charge < -0.3 is 31.4 Å². The van der Waals surface area contributed by atoms with E-state index in [0.29, 0.717) is 60.7 Å². The maximum absolute atomic E-state index is 13.4. The van der Waals surface area contributed by atoms with Gasteiger partial charge in [0.15, 0.2) is 5.96 Å². The van der Waals surface area contributed by atoms with E-state index in [1.165, 1.54) is 0 Å². The highest BCUT2D eigenvalue weighted by atomic mass is 16.5. The minimum Gasteiger partial charge on any atom is -0.457 e. The van der Waals surface area contributed by atoms with Gasteiger partial charge in [0.05, 0.1) is 17.1 Å². The number of para-hydroxylation sites is 1. The van der Waals surface area contributed by atoms with E-state index < -0.39 is 0 Å². The third-order valence-electron chi connectivity index (χ3n) is 7.45. The van der Waals surface area contributed by atoms with Gasteiger partial charge in [-0.2, -0.15) is 0 Å². The van der Waals surface area contributed by atoms with Gasteiger partial charge in [0.2, 0.25) is 0 Å². The minimum atomic E-state index is -0.305. The zero-order chi connectivity index (χ0) is 33.8. The number of imidazole rings is 1. The number of aliphatic imine (C=N–C) groups is 1. The molecule has 1 amide bonds. The molecule has 0 saturated carbocycles. The minimum absolute atomic E-state index is 0.0457. The maximum atomic E-state index is 13.4. The number of allylic oxidation sites excluding steroid dienone is 1. The lowest BCUT2D eigenvalue weighted by atomic mass is 10.1. The lowest BCUT2D eigenvalue weighted by Crippen LogP contribution is -2.29. The van der Waals surface area contributed by atoms with Crippen LogP contribution in [0, 0.1) is 0 Å². The number of ether oxygens (including phenoxy) is 1. The van der Waals surface area contributed by atoms with Crippen molar-refractivity contribution in [1.29, 1.82) is 0 Å². The van der Waals surface area contributed by atoms with Gasteiger partial charge >= 0.3 is 0 Å². The van der Waals surface area contributed by atoms with E-state index in [2.05, 4.69) is 21.1 Å². The second kappa shape index (κ2) is 16.6. The van der Waals surface area contributed by atoms with Crippen LogP contribution in [0.25, 0.3) is 22.4 Å². The SMILES string of the molecule is C=C(N)[C@@H](CCCN=C(N)N)n1c(-c2cccc(Oc3ccccc3)c2)nc2cc(C(=O)N(C)CCc3ccccn3)ccc21.CC. The van der Waals surface area contributed by atoms with Crippen LogP contribution in [0.1, 0.15) is 48.8 Å². The summed E-state index contributed by atoms with van der Waals surface area (Å²) in [6.07, 6.45) is 3.71. The molecule has 0 fully saturated rings. The van der Waals surface area contributed by atoms with Crippen LogP contribution in [0.4, 0.5) is 0 Å². The lowest BCUT2D eigenvalue weighted by molar-refractivity contribution is 0.0796. The lowest BCUT2D eigenvalue weighted by Gasteiger charge is -2.22. The Kier molecular flexibility index (Phi) is 12.1. The number of amides is 1. The molecular formula is C37H44N8O2. The molecule has 0 unspecified atom stereocenters. The Morgan fingerprint density at radius 2 is 1.70 bits per heavy atom. The molecule has 0 aliphatic rings. The highest BCUT2D eigenvalue weighted by Gasteiger charge is 2.23. The van der Waals surface area contributed by atoms with Crippen LogP contribution >= 0.6 is 0 Å². The fourth-order valence-corrected chi connectivity index (χ4v) is 5.20. The van der Waals surface area contributed by atoms with Gasteiger partial charge in [-0.25, -0.2) is 4.98 Å². The molecule has 6 N–H and O–H groups in total. The van der Waals surface area contributed by atoms with E-state index in [-0.39, 0.29) is 17.9 Å². The maximum Gasteiger partial charge on any atom is 0.253 e. The summed E-state index contributed by atoms with van der Waals surface area (Å²) in [5.41, 5.74) is 21.8. The third-order valence-corrected chi connectivity index (χ3v) is 7.45. The van der Waals surface area contributed by atoms with Crippen molar-refractivity contribution in [2.45, 2.75) is 39.2 Å². The molecule has 0 spiro atoms. The number of rotatable bonds is 13. The molecule has 0 aliphatic heterocycles. The normalized spacial score (nSPS) is 11.2. The molecule has 3 aromatic carbocycles. The smallest absolute Gasteiger partial charge is 0.253 e. The van der Waals surface area contributed by atoms with E-state index >= 15 is 0 Å². The van der Waals surface area contributed by atoms with Crippen LogP contribution in [-0.4, -0.2) is 51.4 Å². The van der Waals surface area contributed by atoms with Crippen LogP contribution in [0.15, 0.2) is 114 Å². The van der Waals surface area contributed by atoms with Crippen molar-refractivity contribution >= 4 is 22.9 Å². The number of nitrogens with zero attached hydrogens (tertiary/aromatic N) is 5. The highest BCUT2D eigenvalue weighted by Crippen LogP contribution is 2.35. The highest BCUT2D eigenvalue weighted by molar-refractivity contribution is 5.98. The Bertz CT molecular complexity index is 1800. The van der Waals surface area contributed by atoms with Crippen LogP contribution < -0.4 is 21.9 Å². The summed E-state index contributed by atoms with van der Waals surface area (Å²) < 4.78 is 8.20. The number of hydrogen-bond donors (Lipinski definition) is 3. The summed E-state index contributed by atoms with van der Waals surface area (Å²) in [6, 6.07) is 28.4. The van der Waals surface area contributed by atoms with Gasteiger partial charge in [-0.15, -0.1) is 0 Å². The Labute approximate surface area is 276 Å². The number of benzene rings is 3. The third kappa shape index (κ3) is 8.97. The molecule has 5 aromatic rings. The number of aromatic nitrogens is 3. The number of nitrogens with two attached hydrogens (primary N) is 3. The van der Waals surface area contributed by atoms with Crippen molar-refractivity contribution in [2.24, 2.45) is 22.2 Å². The molecular weight excluding hydrogens is 588 g/mol. The molecule has 2 aromatic heterocycles. The molecule has 2 heterocycles. The summed E-state index contributed by atoms with van der Waals surface area (Å²) in [7, 11) is 1.79. The number of guanidine groups is 1. The molecule has 0 aliphatic carbocycles. The van der Waals surface area contributed by atoms with E-state index in [1.807, 2.05) is 105 Å². The zero-order valence-electron chi connectivity index (χ0n) is 27.3. The van der Waals surface area contributed by atoms with Crippen molar-refractivity contribution in [3.05, 3.63) is 121 Å². The van der Waals surface area contributed by atoms with E-state index in [4.69, 9.17) is 26.9 Å². The average molecular weight is 633 g/mol. The second-order valence-corrected chi connectivity index (χ2v) is 10.8. The number of hydrogen-bond acceptors (Lipinski definition) is 6. The van der Waals surface area contributed by atoms with Gasteiger partial charge in [-0.3, -0.25) is 14.8 Å². The molecule has 10 heteroatoms. The summed E-state index contributed by atoms with van der Waals surface area (Å²) >= 11 is 0. The van der Waals surface area contributed by atoms with Crippen molar-refractivity contribution in [2.75, 3.05) is 20.1 Å². The summed E-state index contributed by atoms with van der Waals surface area (Å²) in [5, 5.41) is 0. The van der Waals surface area contributed by atoms with Gasteiger partial charge in [0, 0.05) is 55.3 Å². The van der Waals surface area contributed by atoms with E-state index in [0.717, 1.165) is 22.5 Å². The van der Waals surface area contributed by atoms with Crippen molar-refractivity contribution in [3.63, 3.8) is 0 Å². The predicted octanol–water partition coefficient (Wildman–Crippen LogP) is 6.30. The number of likely N-dealkylation sites (N-methyl/N-ethyl adjacent to an activating group) is 1. The monoisotopic (exact) mass is 632 g/mol. The number of fused-ring (bicyclic) bond motifs is 1. The first-order chi connectivity index (χ1) is 22.8. The van der Waals surface area contributed by atoms with E-state index in [1.54, 1.807) is 18.1 Å². The van der Waals surface area contributed by atoms with Gasteiger partial charge in [0.1, 0.15) is 17.3 Å². The second-order valence-electron chi connectivity index (χ2n) is 10.8. The number of carbonyl (C=O) groups is 1. The number of pyridine rings is 1. The molecule has 0 saturated heterocycles. The van der Waals surface area contributed by atoms with Crippen LogP contribution in [0.2, 0.25) is 0 Å². The fourth-order valence-electron chi connectivity index (χ4n) is 5.20. The van der Waals surface area contributed by atoms with Gasteiger partial charge in [-0.1, -0.05) is 56.8 Å². The Balaban J connectivity index is 0.00000245. The fraction of sp³-hybridized carbons (Fsp3) is 0.243. The zero-order valence-corrected chi connectivity index (χ0v) is 27.3. The topological polar surface area (TPSA) is 151 Å². The molecule has 0 radical (unpaired) electrons. The largest absolute Gasteiger partial charge is 0.457 e. The Morgan fingerprint density at radius 1 is 0.957 bits per heavy atom. The molecule has 1 atom stereocenters. The van der Waals surface area contributed by atoms with E-state index in [9.17, 15) is 4.79 Å². The number of carbonyl (C=O) groups excluding carboxylic acids is 1. The molecule has 47 heavy (non-hydrogen) atoms. The van der Waals surface area contributed by atoms with Crippen LogP contribution in [0.5, 0.6) is 11.5 Å². The summed E-state index contributed by atoms with van der Waals surface area (Å²) in [4.78, 5) is 28.7. The van der Waals surface area contributed by atoms with Crippen LogP contribution in [0.3, 0.4) is 0 Å². The molecule has 10 nitrogen and oxygen atoms in total. The molecule has 0 bridgehead atoms. The van der Waals surface area contributed by atoms with Gasteiger partial charge in [0.25, 0.3) is 5.91 Å². The summed E-state index contributed by atoms with van der Waals surface area (Å²) in [6.45, 7) is 9.10. The van der Waals surface area contributed by atoms with Crippen molar-refractivity contribution < 1.29 is 9.53 Å². The average Bonchev–Trinajstić information content (AvgIpc) is 3.47. The van der Waals surface area contributed by atoms with Crippen molar-refractivity contribution in [1.82, 2.24) is 19.4 Å². The standard InChI is InChI=1S/C35H38N8O2.C2H6/c1-24(36)31(15-9-20-40-35(37)38)43-32-17-16-26(34(44)42(2)21-18-27-11-6-7-19-39-27)23-30(32)41-33(43)25-10-8-14-29(22-25)45-28-12-4-3-5-13-28;1-2/h3-8,10-14,16-17,19,22-23,31H,1,9,15,18,20-21,36H2,2H3,(H4,37,38,40);1-2H3/t31-;/m1./s1. The quantitative estimate of drug-likeness (QED) is 0.0783. The predicted molar refractivity (Wildman–Crippen MR) is 190 cm³/mol.